The van der Waals surface area contributed by atoms with Gasteiger partial charge < -0.3 is 9.72 Å². The second-order valence-electron chi connectivity index (χ2n) is 4.17. The lowest BCUT2D eigenvalue weighted by atomic mass is 10.2. The summed E-state index contributed by atoms with van der Waals surface area (Å²) in [5, 5.41) is 0.257. The number of fused-ring (bicyclic) bond motifs is 1. The molecule has 0 aliphatic rings. The van der Waals surface area contributed by atoms with Crippen molar-refractivity contribution in [3.8, 4) is 0 Å². The lowest BCUT2D eigenvalue weighted by Gasteiger charge is -2.02. The van der Waals surface area contributed by atoms with Crippen LogP contribution in [-0.4, -0.2) is 25.6 Å². The largest absolute Gasteiger partial charge is 0.455 e. The minimum Gasteiger partial charge on any atom is -0.455 e. The average molecular weight is 322 g/mol. The highest BCUT2D eigenvalue weighted by Crippen LogP contribution is 2.15. The molecule has 0 radical (unpaired) electrons. The van der Waals surface area contributed by atoms with Gasteiger partial charge in [0.25, 0.3) is 11.1 Å². The van der Waals surface area contributed by atoms with Crippen LogP contribution < -0.4 is 0 Å². The maximum absolute atomic E-state index is 11.8. The van der Waals surface area contributed by atoms with Gasteiger partial charge in [-0.25, -0.2) is 9.78 Å². The molecule has 1 N–H and O–H groups in total. The quantitative estimate of drug-likeness (QED) is 0.590. The average Bonchev–Trinajstić information content (AvgIpc) is 3.12. The van der Waals surface area contributed by atoms with E-state index in [1.165, 1.54) is 0 Å². The summed E-state index contributed by atoms with van der Waals surface area (Å²) >= 11 is 6.02. The third-order valence-corrected chi connectivity index (χ3v) is 3.77. The Kier molecular flexibility index (Phi) is 3.68. The number of aromatic amines is 1. The Labute approximate surface area is 127 Å². The molecule has 8 heteroatoms. The molecule has 106 valence electrons. The number of esters is 1. The molecule has 0 aliphatic carbocycles. The van der Waals surface area contributed by atoms with Crippen LogP contribution >= 0.6 is 23.1 Å². The molecule has 0 bridgehead atoms. The zero-order valence-electron chi connectivity index (χ0n) is 10.5. The van der Waals surface area contributed by atoms with Crippen LogP contribution in [0.1, 0.15) is 26.0 Å². The summed E-state index contributed by atoms with van der Waals surface area (Å²) < 4.78 is 8.85. The molecular formula is C13H8ClN3O3S. The molecule has 0 fully saturated rings. The minimum absolute atomic E-state index is 0.0302. The molecule has 3 rings (SSSR count). The fourth-order valence-corrected chi connectivity index (χ4v) is 2.43. The summed E-state index contributed by atoms with van der Waals surface area (Å²) in [6, 6.07) is 7.61. The molecule has 0 saturated heterocycles. The van der Waals surface area contributed by atoms with Crippen LogP contribution in [-0.2, 0) is 11.3 Å². The van der Waals surface area contributed by atoms with Crippen molar-refractivity contribution in [2.45, 2.75) is 6.61 Å². The molecule has 3 aromatic rings. The molecule has 0 spiro atoms. The van der Waals surface area contributed by atoms with E-state index >= 15 is 0 Å². The SMILES string of the molecule is O=C(OCc1ccc2[nH]ccc2c1)c1nsc(C(=O)Cl)n1. The topological polar surface area (TPSA) is 84.9 Å². The van der Waals surface area contributed by atoms with Gasteiger partial charge in [0, 0.05) is 11.7 Å². The molecule has 0 atom stereocenters. The molecule has 0 unspecified atom stereocenters. The zero-order chi connectivity index (χ0) is 14.8. The second-order valence-corrected chi connectivity index (χ2v) is 5.27. The van der Waals surface area contributed by atoms with Crippen molar-refractivity contribution in [3.05, 3.63) is 46.9 Å². The predicted octanol–water partition coefficient (Wildman–Crippen LogP) is 2.76. The van der Waals surface area contributed by atoms with Crippen molar-refractivity contribution < 1.29 is 14.3 Å². The first-order valence-corrected chi connectivity index (χ1v) is 7.05. The van der Waals surface area contributed by atoms with E-state index in [0.29, 0.717) is 0 Å². The van der Waals surface area contributed by atoms with Crippen LogP contribution in [0.5, 0.6) is 0 Å². The standard InChI is InChI=1S/C13H8ClN3O3S/c14-10(18)12-16-11(17-21-12)13(19)20-6-7-1-2-9-8(5-7)3-4-15-9/h1-5,15H,6H2. The first-order chi connectivity index (χ1) is 10.1. The summed E-state index contributed by atoms with van der Waals surface area (Å²) in [6.45, 7) is 0.101. The number of hydrogen-bond donors (Lipinski definition) is 1. The van der Waals surface area contributed by atoms with Gasteiger partial charge in [-0.3, -0.25) is 4.79 Å². The van der Waals surface area contributed by atoms with Gasteiger partial charge in [-0.15, -0.1) is 0 Å². The maximum atomic E-state index is 11.8. The minimum atomic E-state index is -0.746. The molecule has 2 heterocycles. The maximum Gasteiger partial charge on any atom is 0.377 e. The summed E-state index contributed by atoms with van der Waals surface area (Å²) in [4.78, 5) is 29.4. The van der Waals surface area contributed by atoms with E-state index in [0.717, 1.165) is 28.0 Å². The van der Waals surface area contributed by atoms with E-state index in [2.05, 4.69) is 14.3 Å². The number of benzene rings is 1. The van der Waals surface area contributed by atoms with Gasteiger partial charge in [-0.1, -0.05) is 6.07 Å². The van der Waals surface area contributed by atoms with E-state index in [-0.39, 0.29) is 17.4 Å². The van der Waals surface area contributed by atoms with E-state index in [1.807, 2.05) is 30.5 Å². The summed E-state index contributed by atoms with van der Waals surface area (Å²) in [7, 11) is 0. The van der Waals surface area contributed by atoms with Crippen LogP contribution in [0.3, 0.4) is 0 Å². The zero-order valence-corrected chi connectivity index (χ0v) is 12.1. The Morgan fingerprint density at radius 2 is 2.19 bits per heavy atom. The number of carbonyl (C=O) groups excluding carboxylic acids is 2. The first-order valence-electron chi connectivity index (χ1n) is 5.90. The summed E-state index contributed by atoms with van der Waals surface area (Å²) in [5.41, 5.74) is 1.86. The van der Waals surface area contributed by atoms with E-state index in [4.69, 9.17) is 16.3 Å². The van der Waals surface area contributed by atoms with Gasteiger partial charge in [0.1, 0.15) is 6.61 Å². The Bertz CT molecular complexity index is 827. The number of rotatable bonds is 4. The molecular weight excluding hydrogens is 314 g/mol. The van der Waals surface area contributed by atoms with Gasteiger partial charge in [0.2, 0.25) is 0 Å². The summed E-state index contributed by atoms with van der Waals surface area (Å²) in [6.07, 6.45) is 1.84. The fraction of sp³-hybridized carbons (Fsp3) is 0.0769. The molecule has 0 amide bonds. The van der Waals surface area contributed by atoms with Crippen molar-refractivity contribution in [2.24, 2.45) is 0 Å². The number of nitrogens with one attached hydrogen (secondary N) is 1. The smallest absolute Gasteiger partial charge is 0.377 e. The normalized spacial score (nSPS) is 10.7. The van der Waals surface area contributed by atoms with Gasteiger partial charge in [0.05, 0.1) is 0 Å². The Morgan fingerprint density at radius 3 is 2.95 bits per heavy atom. The van der Waals surface area contributed by atoms with Crippen LogP contribution in [0, 0.1) is 0 Å². The number of hydrogen-bond acceptors (Lipinski definition) is 6. The van der Waals surface area contributed by atoms with Gasteiger partial charge in [-0.2, -0.15) is 4.37 Å². The number of H-pyrrole nitrogens is 1. The highest BCUT2D eigenvalue weighted by molar-refractivity contribution is 7.10. The van der Waals surface area contributed by atoms with E-state index < -0.39 is 11.2 Å². The molecule has 0 saturated carbocycles. The second kappa shape index (κ2) is 5.63. The Balaban J connectivity index is 1.68. The lowest BCUT2D eigenvalue weighted by molar-refractivity contribution is 0.0460. The van der Waals surface area contributed by atoms with Crippen molar-refractivity contribution >= 4 is 45.2 Å². The van der Waals surface area contributed by atoms with E-state index in [9.17, 15) is 9.59 Å². The fourth-order valence-electron chi connectivity index (χ4n) is 1.79. The molecule has 21 heavy (non-hydrogen) atoms. The van der Waals surface area contributed by atoms with Gasteiger partial charge in [0.15, 0.2) is 5.01 Å². The van der Waals surface area contributed by atoms with Crippen molar-refractivity contribution in [1.29, 1.82) is 0 Å². The molecule has 0 aliphatic heterocycles. The van der Waals surface area contributed by atoms with Gasteiger partial charge >= 0.3 is 5.97 Å². The highest BCUT2D eigenvalue weighted by Gasteiger charge is 2.17. The van der Waals surface area contributed by atoms with Crippen LogP contribution in [0.4, 0.5) is 0 Å². The number of halogens is 1. The van der Waals surface area contributed by atoms with Crippen LogP contribution in [0.15, 0.2) is 30.5 Å². The highest BCUT2D eigenvalue weighted by atomic mass is 35.5. The van der Waals surface area contributed by atoms with Crippen molar-refractivity contribution in [1.82, 2.24) is 14.3 Å². The molecule has 1 aromatic carbocycles. The van der Waals surface area contributed by atoms with Crippen LogP contribution in [0.2, 0.25) is 0 Å². The third-order valence-electron chi connectivity index (χ3n) is 2.76. The molecule has 6 nitrogen and oxygen atoms in total. The van der Waals surface area contributed by atoms with E-state index in [1.54, 1.807) is 0 Å². The predicted molar refractivity (Wildman–Crippen MR) is 77.5 cm³/mol. The number of carbonyl (C=O) groups is 2. The third kappa shape index (κ3) is 2.93. The molecule has 2 aromatic heterocycles. The number of aromatic nitrogens is 3. The number of ether oxygens (including phenoxy) is 1. The van der Waals surface area contributed by atoms with Crippen molar-refractivity contribution in [2.75, 3.05) is 0 Å². The number of nitrogens with zero attached hydrogens (tertiary/aromatic N) is 2. The first kappa shape index (κ1) is 13.7. The lowest BCUT2D eigenvalue weighted by Crippen LogP contribution is -2.07. The Hall–Kier alpha value is -2.25. The van der Waals surface area contributed by atoms with Gasteiger partial charge in [-0.05, 0) is 52.3 Å². The summed E-state index contributed by atoms with van der Waals surface area (Å²) in [5.74, 6) is -0.851. The monoisotopic (exact) mass is 321 g/mol. The Morgan fingerprint density at radius 1 is 1.33 bits per heavy atom. The van der Waals surface area contributed by atoms with Crippen molar-refractivity contribution in [3.63, 3.8) is 0 Å². The van der Waals surface area contributed by atoms with Crippen LogP contribution in [0.25, 0.3) is 10.9 Å².